The van der Waals surface area contributed by atoms with Gasteiger partial charge in [0.1, 0.15) is 13.2 Å². The molecule has 0 aromatic rings. The normalized spacial score (nSPS) is 12.4. The summed E-state index contributed by atoms with van der Waals surface area (Å²) in [6.45, 7) is 6.54. The van der Waals surface area contributed by atoms with Crippen molar-refractivity contribution in [1.82, 2.24) is 0 Å². The fourth-order valence-electron chi connectivity index (χ4n) is 9.08. The van der Waals surface area contributed by atoms with E-state index in [1.54, 1.807) is 0 Å². The number of esters is 3. The van der Waals surface area contributed by atoms with Crippen LogP contribution in [0.2, 0.25) is 0 Å². The van der Waals surface area contributed by atoms with Crippen LogP contribution in [0.25, 0.3) is 0 Å². The maximum absolute atomic E-state index is 12.8. The van der Waals surface area contributed by atoms with Gasteiger partial charge in [-0.15, -0.1) is 0 Å². The molecular weight excluding hydrogens is 889 g/mol. The lowest BCUT2D eigenvalue weighted by Crippen LogP contribution is -2.30. The van der Waals surface area contributed by atoms with E-state index >= 15 is 0 Å². The second kappa shape index (κ2) is 60.7. The highest BCUT2D eigenvalue weighted by atomic mass is 16.6. The van der Waals surface area contributed by atoms with Crippen molar-refractivity contribution in [2.24, 2.45) is 0 Å². The summed E-state index contributed by atoms with van der Waals surface area (Å²) in [7, 11) is 0. The third kappa shape index (κ3) is 58.0. The second-order valence-corrected chi connectivity index (χ2v) is 20.9. The molecule has 0 aliphatic heterocycles. The summed E-state index contributed by atoms with van der Waals surface area (Å²) < 4.78 is 16.9. The highest BCUT2D eigenvalue weighted by Gasteiger charge is 2.19. The Morgan fingerprint density at radius 1 is 0.292 bits per heavy atom. The minimum Gasteiger partial charge on any atom is -0.462 e. The zero-order valence-corrected chi connectivity index (χ0v) is 47.9. The van der Waals surface area contributed by atoms with Crippen molar-refractivity contribution in [1.29, 1.82) is 0 Å². The molecule has 0 saturated heterocycles. The van der Waals surface area contributed by atoms with Gasteiger partial charge in [-0.05, 0) is 83.5 Å². The molecule has 0 aromatic carbocycles. The molecule has 0 spiro atoms. The van der Waals surface area contributed by atoms with Gasteiger partial charge in [-0.1, -0.05) is 281 Å². The summed E-state index contributed by atoms with van der Waals surface area (Å²) in [6, 6.07) is 0. The number of carbonyl (C=O) groups is 3. The van der Waals surface area contributed by atoms with Gasteiger partial charge in [-0.25, -0.2) is 0 Å². The third-order valence-electron chi connectivity index (χ3n) is 13.8. The van der Waals surface area contributed by atoms with E-state index in [1.807, 2.05) is 0 Å². The van der Waals surface area contributed by atoms with Gasteiger partial charge < -0.3 is 14.2 Å². The van der Waals surface area contributed by atoms with Crippen molar-refractivity contribution in [3.8, 4) is 0 Å². The average Bonchev–Trinajstić information content (AvgIpc) is 3.38. The van der Waals surface area contributed by atoms with E-state index in [-0.39, 0.29) is 31.1 Å². The van der Waals surface area contributed by atoms with E-state index in [1.165, 1.54) is 193 Å². The lowest BCUT2D eigenvalue weighted by atomic mass is 10.0. The fourth-order valence-corrected chi connectivity index (χ4v) is 9.08. The van der Waals surface area contributed by atoms with Crippen molar-refractivity contribution in [2.75, 3.05) is 13.2 Å². The summed E-state index contributed by atoms with van der Waals surface area (Å²) in [5.41, 5.74) is 0. The predicted octanol–water partition coefficient (Wildman–Crippen LogP) is 21.2. The van der Waals surface area contributed by atoms with E-state index in [0.717, 1.165) is 89.9 Å². The van der Waals surface area contributed by atoms with Gasteiger partial charge >= 0.3 is 17.9 Å². The van der Waals surface area contributed by atoms with Gasteiger partial charge in [-0.2, -0.15) is 0 Å². The molecule has 72 heavy (non-hydrogen) atoms. The molecule has 0 aliphatic rings. The molecule has 0 fully saturated rings. The highest BCUT2D eigenvalue weighted by Crippen LogP contribution is 2.17. The van der Waals surface area contributed by atoms with Crippen LogP contribution in [0.4, 0.5) is 0 Å². The third-order valence-corrected chi connectivity index (χ3v) is 13.8. The smallest absolute Gasteiger partial charge is 0.306 e. The molecule has 6 nitrogen and oxygen atoms in total. The van der Waals surface area contributed by atoms with Crippen LogP contribution in [0.3, 0.4) is 0 Å². The second-order valence-electron chi connectivity index (χ2n) is 20.9. The minimum atomic E-state index is -0.774. The number of ether oxygens (including phenoxy) is 3. The molecule has 1 unspecified atom stereocenters. The van der Waals surface area contributed by atoms with Gasteiger partial charge in [0.25, 0.3) is 0 Å². The molecule has 0 saturated carbocycles. The molecule has 0 aromatic heterocycles. The van der Waals surface area contributed by atoms with E-state index in [9.17, 15) is 14.4 Å². The van der Waals surface area contributed by atoms with E-state index < -0.39 is 6.10 Å². The van der Waals surface area contributed by atoms with E-state index in [2.05, 4.69) is 81.5 Å². The highest BCUT2D eigenvalue weighted by molar-refractivity contribution is 5.71. The zero-order valence-electron chi connectivity index (χ0n) is 47.9. The maximum Gasteiger partial charge on any atom is 0.306 e. The monoisotopic (exact) mass is 1010 g/mol. The lowest BCUT2D eigenvalue weighted by Gasteiger charge is -2.18. The van der Waals surface area contributed by atoms with Crippen LogP contribution in [-0.2, 0) is 28.6 Å². The van der Waals surface area contributed by atoms with Crippen molar-refractivity contribution in [2.45, 2.75) is 329 Å². The molecule has 0 rings (SSSR count). The fraction of sp³-hybridized carbons (Fsp3) is 0.803. The molecule has 0 radical (unpaired) electrons. The van der Waals surface area contributed by atoms with Crippen molar-refractivity contribution in [3.05, 3.63) is 60.8 Å². The molecular formula is C66H118O6. The number of rotatable bonds is 57. The van der Waals surface area contributed by atoms with Crippen LogP contribution < -0.4 is 0 Å². The Kier molecular flexibility index (Phi) is 58.2. The van der Waals surface area contributed by atoms with Crippen LogP contribution in [0.1, 0.15) is 323 Å². The average molecular weight is 1010 g/mol. The summed E-state index contributed by atoms with van der Waals surface area (Å²) in [4.78, 5) is 38.2. The van der Waals surface area contributed by atoms with Crippen molar-refractivity contribution in [3.63, 3.8) is 0 Å². The van der Waals surface area contributed by atoms with Crippen LogP contribution in [-0.4, -0.2) is 37.2 Å². The Labute approximate surface area is 447 Å². The molecule has 6 heteroatoms. The van der Waals surface area contributed by atoms with Gasteiger partial charge in [-0.3, -0.25) is 14.4 Å². The standard InChI is InChI=1S/C66H118O6/c1-4-7-10-13-16-19-22-25-26-27-28-29-30-31-32-33-34-35-36-37-38-39-40-42-44-47-50-53-56-59-65(68)71-62-63(61-70-64(67)58-55-52-49-46-43-24-21-18-15-12-9-6-3)72-66(69)60-57-54-51-48-45-41-23-20-17-14-11-8-5-2/h7,10,16,19-20,23,25-26,28-29,63H,4-6,8-9,11-15,17-18,21-22,24,27,30-62H2,1-3H3/b10-7-,19-16-,23-20-,26-25-,29-28-. The zero-order chi connectivity index (χ0) is 52.2. The summed E-state index contributed by atoms with van der Waals surface area (Å²) in [5, 5.41) is 0. The molecule has 0 aliphatic carbocycles. The van der Waals surface area contributed by atoms with E-state index in [0.29, 0.717) is 19.3 Å². The number of allylic oxidation sites excluding steroid dienone is 10. The number of unbranched alkanes of at least 4 members (excludes halogenated alkanes) is 36. The van der Waals surface area contributed by atoms with Gasteiger partial charge in [0, 0.05) is 19.3 Å². The van der Waals surface area contributed by atoms with Gasteiger partial charge in [0.15, 0.2) is 6.10 Å². The van der Waals surface area contributed by atoms with Crippen LogP contribution >= 0.6 is 0 Å². The minimum absolute atomic E-state index is 0.0726. The maximum atomic E-state index is 12.8. The Hall–Kier alpha value is -2.89. The topological polar surface area (TPSA) is 78.9 Å². The van der Waals surface area contributed by atoms with Crippen LogP contribution in [0, 0.1) is 0 Å². The summed E-state index contributed by atoms with van der Waals surface area (Å²) in [5.74, 6) is -0.866. The van der Waals surface area contributed by atoms with Crippen LogP contribution in [0.5, 0.6) is 0 Å². The first-order valence-corrected chi connectivity index (χ1v) is 31.3. The number of carbonyl (C=O) groups excluding carboxylic acids is 3. The molecule has 1 atom stereocenters. The SMILES string of the molecule is CC/C=C\C/C=C\C/C=C\C/C=C\CCCCCCCCCCCCCCCCCCC(=O)OCC(COC(=O)CCCCCCCCCCCCCC)OC(=O)CCCCCCC/C=C\CCCCCC. The van der Waals surface area contributed by atoms with Crippen LogP contribution in [0.15, 0.2) is 60.8 Å². The Morgan fingerprint density at radius 2 is 0.542 bits per heavy atom. The number of hydrogen-bond donors (Lipinski definition) is 0. The molecule has 418 valence electrons. The first-order valence-electron chi connectivity index (χ1n) is 31.3. The summed E-state index contributed by atoms with van der Waals surface area (Å²) >= 11 is 0. The van der Waals surface area contributed by atoms with Crippen molar-refractivity contribution >= 4 is 17.9 Å². The molecule has 0 N–H and O–H groups in total. The largest absolute Gasteiger partial charge is 0.462 e. The quantitative estimate of drug-likeness (QED) is 0.0261. The molecule has 0 bridgehead atoms. The molecule has 0 amide bonds. The Bertz CT molecular complexity index is 1290. The first kappa shape index (κ1) is 69.1. The van der Waals surface area contributed by atoms with Gasteiger partial charge in [0.2, 0.25) is 0 Å². The van der Waals surface area contributed by atoms with E-state index in [4.69, 9.17) is 14.2 Å². The summed E-state index contributed by atoms with van der Waals surface area (Å²) in [6.07, 6.45) is 76.6. The Balaban J connectivity index is 4.14. The lowest BCUT2D eigenvalue weighted by molar-refractivity contribution is -0.167. The van der Waals surface area contributed by atoms with Crippen molar-refractivity contribution < 1.29 is 28.6 Å². The molecule has 0 heterocycles. The van der Waals surface area contributed by atoms with Gasteiger partial charge in [0.05, 0.1) is 0 Å². The first-order chi connectivity index (χ1) is 35.5. The number of hydrogen-bond acceptors (Lipinski definition) is 6. The Morgan fingerprint density at radius 3 is 0.875 bits per heavy atom. The predicted molar refractivity (Wildman–Crippen MR) is 312 cm³/mol.